The molecule has 1 fully saturated rings. The van der Waals surface area contributed by atoms with Crippen LogP contribution in [0.25, 0.3) is 0 Å². The molecule has 1 aliphatic heterocycles. The molecule has 3 amide bonds. The minimum atomic E-state index is -0.605. The van der Waals surface area contributed by atoms with Crippen LogP contribution in [-0.4, -0.2) is 34.5 Å². The van der Waals surface area contributed by atoms with Gasteiger partial charge in [-0.1, -0.05) is 35.9 Å². The van der Waals surface area contributed by atoms with Crippen molar-refractivity contribution in [1.29, 1.82) is 0 Å². The van der Waals surface area contributed by atoms with E-state index in [0.29, 0.717) is 29.0 Å². The van der Waals surface area contributed by atoms with Gasteiger partial charge in [-0.2, -0.15) is 0 Å². The van der Waals surface area contributed by atoms with Crippen molar-refractivity contribution in [3.05, 3.63) is 70.2 Å². The number of nitrogens with zero attached hydrogens (tertiary/aromatic N) is 1. The van der Waals surface area contributed by atoms with Crippen molar-refractivity contribution in [1.82, 2.24) is 10.2 Å². The minimum Gasteiger partial charge on any atom is -0.444 e. The number of alkyl carbamates (subject to hydrolysis) is 1. The highest BCUT2D eigenvalue weighted by Crippen LogP contribution is 2.39. The van der Waals surface area contributed by atoms with Gasteiger partial charge >= 0.3 is 6.09 Å². The van der Waals surface area contributed by atoms with Crippen molar-refractivity contribution in [3.63, 3.8) is 0 Å². The predicted molar refractivity (Wildman–Crippen MR) is 126 cm³/mol. The van der Waals surface area contributed by atoms with E-state index in [0.717, 1.165) is 18.4 Å². The molecule has 1 N–H and O–H groups in total. The average Bonchev–Trinajstić information content (AvgIpc) is 3.01. The van der Waals surface area contributed by atoms with Crippen molar-refractivity contribution >= 4 is 29.5 Å². The largest absolute Gasteiger partial charge is 0.444 e. The number of benzene rings is 2. The van der Waals surface area contributed by atoms with E-state index in [4.69, 9.17) is 16.3 Å². The Morgan fingerprint density at radius 3 is 2.15 bits per heavy atom. The molecule has 2 aliphatic rings. The molecule has 0 saturated heterocycles. The first-order valence-corrected chi connectivity index (χ1v) is 11.7. The van der Waals surface area contributed by atoms with Crippen LogP contribution in [0.3, 0.4) is 0 Å². The van der Waals surface area contributed by atoms with Crippen molar-refractivity contribution in [2.24, 2.45) is 5.92 Å². The van der Waals surface area contributed by atoms with E-state index in [2.05, 4.69) is 5.32 Å². The highest BCUT2D eigenvalue weighted by Gasteiger charge is 2.42. The molecule has 2 aromatic carbocycles. The summed E-state index contributed by atoms with van der Waals surface area (Å²) >= 11 is 6.23. The Hall–Kier alpha value is -2.86. The van der Waals surface area contributed by atoms with Gasteiger partial charge in [0, 0.05) is 11.1 Å². The third kappa shape index (κ3) is 5.06. The summed E-state index contributed by atoms with van der Waals surface area (Å²) < 4.78 is 5.50. The summed E-state index contributed by atoms with van der Waals surface area (Å²) in [4.78, 5) is 39.8. The van der Waals surface area contributed by atoms with E-state index in [1.807, 2.05) is 39.0 Å². The number of fused-ring (bicyclic) bond motifs is 1. The van der Waals surface area contributed by atoms with Crippen molar-refractivity contribution in [3.8, 4) is 0 Å². The second kappa shape index (κ2) is 9.18. The number of amides is 3. The minimum absolute atomic E-state index is 0.127. The topological polar surface area (TPSA) is 75.7 Å². The van der Waals surface area contributed by atoms with Crippen LogP contribution in [0.1, 0.15) is 78.8 Å². The third-order valence-electron chi connectivity index (χ3n) is 6.28. The number of halogens is 1. The Bertz CT molecular complexity index is 1030. The van der Waals surface area contributed by atoms with Gasteiger partial charge in [0.25, 0.3) is 11.8 Å². The van der Waals surface area contributed by atoms with Gasteiger partial charge in [0.2, 0.25) is 0 Å². The van der Waals surface area contributed by atoms with Gasteiger partial charge in [0.1, 0.15) is 5.60 Å². The van der Waals surface area contributed by atoms with E-state index < -0.39 is 11.7 Å². The third-order valence-corrected chi connectivity index (χ3v) is 6.52. The van der Waals surface area contributed by atoms with Crippen LogP contribution in [0, 0.1) is 5.92 Å². The maximum absolute atomic E-state index is 12.9. The molecule has 1 atom stereocenters. The molecule has 0 aromatic heterocycles. The van der Waals surface area contributed by atoms with Gasteiger partial charge in [0.05, 0.1) is 17.2 Å². The van der Waals surface area contributed by atoms with Crippen LogP contribution in [0.2, 0.25) is 5.02 Å². The Balaban J connectivity index is 1.49. The lowest BCUT2D eigenvalue weighted by Gasteiger charge is -2.37. The molecule has 1 heterocycles. The predicted octanol–water partition coefficient (Wildman–Crippen LogP) is 5.76. The van der Waals surface area contributed by atoms with Gasteiger partial charge in [-0.3, -0.25) is 14.5 Å². The summed E-state index contributed by atoms with van der Waals surface area (Å²) in [5, 5.41) is 3.64. The van der Waals surface area contributed by atoms with Gasteiger partial charge in [-0.15, -0.1) is 0 Å². The summed E-state index contributed by atoms with van der Waals surface area (Å²) in [6.07, 6.45) is 2.40. The molecular weight excluding hydrogens is 440 g/mol. The lowest BCUT2D eigenvalue weighted by molar-refractivity contribution is 0.0452. The smallest absolute Gasteiger partial charge is 0.408 e. The molecule has 0 spiro atoms. The van der Waals surface area contributed by atoms with E-state index >= 15 is 0 Å². The fourth-order valence-corrected chi connectivity index (χ4v) is 5.04. The zero-order chi connectivity index (χ0) is 23.8. The standard InChI is InChI=1S/C26H29ClN2O4/c1-26(2,3)33-25(32)28-22(17-7-6-8-18(27)15-17)16-11-13-19(14-12-16)29-23(30)20-9-4-5-10-21(20)24(29)31/h4-10,15-16,19,22H,11-14H2,1-3H3,(H,28,32). The molecular formula is C26H29ClN2O4. The van der Waals surface area contributed by atoms with E-state index in [9.17, 15) is 14.4 Å². The molecule has 33 heavy (non-hydrogen) atoms. The zero-order valence-electron chi connectivity index (χ0n) is 19.1. The lowest BCUT2D eigenvalue weighted by Crippen LogP contribution is -2.44. The molecule has 2 aromatic rings. The van der Waals surface area contributed by atoms with Gasteiger partial charge in [-0.25, -0.2) is 4.79 Å². The van der Waals surface area contributed by atoms with Crippen molar-refractivity contribution < 1.29 is 19.1 Å². The molecule has 1 aliphatic carbocycles. The number of rotatable bonds is 4. The second-order valence-corrected chi connectivity index (χ2v) is 10.2. The highest BCUT2D eigenvalue weighted by molar-refractivity contribution is 6.30. The number of hydrogen-bond donors (Lipinski definition) is 1. The van der Waals surface area contributed by atoms with Crippen LogP contribution in [0.4, 0.5) is 4.79 Å². The molecule has 7 heteroatoms. The van der Waals surface area contributed by atoms with Crippen LogP contribution in [0.5, 0.6) is 0 Å². The number of imide groups is 1. The lowest BCUT2D eigenvalue weighted by atomic mass is 9.78. The second-order valence-electron chi connectivity index (χ2n) is 9.77. The summed E-state index contributed by atoms with van der Waals surface area (Å²) in [5.74, 6) is -0.294. The molecule has 4 rings (SSSR count). The van der Waals surface area contributed by atoms with Crippen LogP contribution >= 0.6 is 11.6 Å². The summed E-state index contributed by atoms with van der Waals surface area (Å²) in [5.41, 5.74) is 1.27. The fraction of sp³-hybridized carbons (Fsp3) is 0.423. The first kappa shape index (κ1) is 23.3. The first-order chi connectivity index (χ1) is 15.6. The summed E-state index contributed by atoms with van der Waals surface area (Å²) in [6.45, 7) is 5.48. The monoisotopic (exact) mass is 468 g/mol. The molecule has 0 bridgehead atoms. The van der Waals surface area contributed by atoms with E-state index in [1.54, 1.807) is 30.3 Å². The van der Waals surface area contributed by atoms with E-state index in [1.165, 1.54) is 4.90 Å². The Morgan fingerprint density at radius 1 is 1.00 bits per heavy atom. The summed E-state index contributed by atoms with van der Waals surface area (Å²) in [6, 6.07) is 14.0. The Kier molecular flexibility index (Phi) is 6.48. The highest BCUT2D eigenvalue weighted by atomic mass is 35.5. The molecule has 174 valence electrons. The maximum Gasteiger partial charge on any atom is 0.408 e. The zero-order valence-corrected chi connectivity index (χ0v) is 19.9. The first-order valence-electron chi connectivity index (χ1n) is 11.4. The van der Waals surface area contributed by atoms with E-state index in [-0.39, 0.29) is 29.8 Å². The van der Waals surface area contributed by atoms with Gasteiger partial charge in [-0.05, 0) is 82.2 Å². The molecule has 0 radical (unpaired) electrons. The maximum atomic E-state index is 12.9. The normalized spacial score (nSPS) is 21.5. The SMILES string of the molecule is CC(C)(C)OC(=O)NC(c1cccc(Cl)c1)C1CCC(N2C(=O)c3ccccc3C2=O)CC1. The fourth-order valence-electron chi connectivity index (χ4n) is 4.84. The average molecular weight is 469 g/mol. The van der Waals surface area contributed by atoms with Gasteiger partial charge < -0.3 is 10.1 Å². The number of hydrogen-bond acceptors (Lipinski definition) is 4. The number of carbonyl (C=O) groups excluding carboxylic acids is 3. The van der Waals surface area contributed by atoms with Crippen LogP contribution < -0.4 is 5.32 Å². The number of ether oxygens (including phenoxy) is 1. The Labute approximate surface area is 199 Å². The Morgan fingerprint density at radius 2 is 1.61 bits per heavy atom. The molecule has 1 saturated carbocycles. The van der Waals surface area contributed by atoms with Crippen LogP contribution in [0.15, 0.2) is 48.5 Å². The van der Waals surface area contributed by atoms with Crippen molar-refractivity contribution in [2.45, 2.75) is 64.1 Å². The summed E-state index contributed by atoms with van der Waals surface area (Å²) in [7, 11) is 0. The quantitative estimate of drug-likeness (QED) is 0.578. The van der Waals surface area contributed by atoms with Crippen molar-refractivity contribution in [2.75, 3.05) is 0 Å². The number of nitrogens with one attached hydrogen (secondary N) is 1. The van der Waals surface area contributed by atoms with Gasteiger partial charge in [0.15, 0.2) is 0 Å². The van der Waals surface area contributed by atoms with Crippen LogP contribution in [-0.2, 0) is 4.74 Å². The molecule has 6 nitrogen and oxygen atoms in total. The number of carbonyl (C=O) groups is 3. The molecule has 1 unspecified atom stereocenters.